The first kappa shape index (κ1) is 15.8. The predicted octanol–water partition coefficient (Wildman–Crippen LogP) is 2.48. The molecule has 112 valence electrons. The van der Waals surface area contributed by atoms with Gasteiger partial charge in [0, 0.05) is 17.1 Å². The summed E-state index contributed by atoms with van der Waals surface area (Å²) >= 11 is 5.97. The molecule has 0 aliphatic heterocycles. The van der Waals surface area contributed by atoms with E-state index in [0.29, 0.717) is 10.6 Å². The summed E-state index contributed by atoms with van der Waals surface area (Å²) in [6.07, 6.45) is 3.26. The molecule has 1 unspecified atom stereocenters. The number of hydrogen-bond donors (Lipinski definition) is 2. The number of rotatable bonds is 6. The van der Waals surface area contributed by atoms with Crippen LogP contribution in [0.4, 0.5) is 0 Å². The number of sulfonamides is 1. The zero-order chi connectivity index (χ0) is 14.6. The van der Waals surface area contributed by atoms with Gasteiger partial charge in [0.25, 0.3) is 0 Å². The van der Waals surface area contributed by atoms with Gasteiger partial charge in [0.05, 0.1) is 11.9 Å². The third-order valence-corrected chi connectivity index (χ3v) is 5.55. The fourth-order valence-electron chi connectivity index (χ4n) is 2.61. The average Bonchev–Trinajstić information content (AvgIpc) is 2.89. The maximum absolute atomic E-state index is 12.0. The third kappa shape index (κ3) is 4.45. The van der Waals surface area contributed by atoms with Gasteiger partial charge in [-0.15, -0.1) is 0 Å². The van der Waals surface area contributed by atoms with E-state index in [0.717, 1.165) is 25.7 Å². The molecule has 0 amide bonds. The quantitative estimate of drug-likeness (QED) is 0.847. The Morgan fingerprint density at radius 1 is 1.30 bits per heavy atom. The molecular weight excluding hydrogens is 298 g/mol. The van der Waals surface area contributed by atoms with E-state index in [1.807, 2.05) is 0 Å². The van der Waals surface area contributed by atoms with Crippen LogP contribution in [-0.2, 0) is 10.0 Å². The first-order valence-electron chi connectivity index (χ1n) is 6.88. The van der Waals surface area contributed by atoms with Crippen LogP contribution in [0.15, 0.2) is 24.3 Å². The molecule has 0 radical (unpaired) electrons. The van der Waals surface area contributed by atoms with Crippen molar-refractivity contribution < 1.29 is 13.5 Å². The second-order valence-electron chi connectivity index (χ2n) is 5.32. The van der Waals surface area contributed by atoms with E-state index in [1.54, 1.807) is 24.3 Å². The molecule has 1 fully saturated rings. The Labute approximate surface area is 125 Å². The van der Waals surface area contributed by atoms with Crippen molar-refractivity contribution in [2.45, 2.75) is 31.8 Å². The fourth-order valence-corrected chi connectivity index (χ4v) is 4.35. The second kappa shape index (κ2) is 6.89. The summed E-state index contributed by atoms with van der Waals surface area (Å²) in [7, 11) is -3.33. The SMILES string of the molecule is O=S(=O)(CC1CCCC1)NCC(O)c1ccccc1Cl. The summed E-state index contributed by atoms with van der Waals surface area (Å²) in [5, 5.41) is 10.5. The van der Waals surface area contributed by atoms with Crippen molar-refractivity contribution in [2.24, 2.45) is 5.92 Å². The molecule has 2 rings (SSSR count). The maximum atomic E-state index is 12.0. The van der Waals surface area contributed by atoms with Gasteiger partial charge in [0.1, 0.15) is 0 Å². The fraction of sp³-hybridized carbons (Fsp3) is 0.571. The van der Waals surface area contributed by atoms with Crippen LogP contribution in [0.3, 0.4) is 0 Å². The van der Waals surface area contributed by atoms with E-state index in [9.17, 15) is 13.5 Å². The zero-order valence-corrected chi connectivity index (χ0v) is 12.8. The molecule has 6 heteroatoms. The molecule has 0 heterocycles. The highest BCUT2D eigenvalue weighted by atomic mass is 35.5. The summed E-state index contributed by atoms with van der Waals surface area (Å²) in [5.41, 5.74) is 0.540. The van der Waals surface area contributed by atoms with Gasteiger partial charge in [-0.2, -0.15) is 0 Å². The number of aliphatic hydroxyl groups excluding tert-OH is 1. The van der Waals surface area contributed by atoms with Gasteiger partial charge in [-0.25, -0.2) is 13.1 Å². The van der Waals surface area contributed by atoms with Gasteiger partial charge in [-0.05, 0) is 24.8 Å². The average molecular weight is 318 g/mol. The number of benzene rings is 1. The van der Waals surface area contributed by atoms with Crippen LogP contribution in [-0.4, -0.2) is 25.8 Å². The lowest BCUT2D eigenvalue weighted by molar-refractivity contribution is 0.182. The van der Waals surface area contributed by atoms with E-state index < -0.39 is 16.1 Å². The first-order chi connectivity index (χ1) is 9.48. The summed E-state index contributed by atoms with van der Waals surface area (Å²) in [6, 6.07) is 6.89. The molecular formula is C14H20ClNO3S. The molecule has 0 saturated heterocycles. The molecule has 2 N–H and O–H groups in total. The van der Waals surface area contributed by atoms with Gasteiger partial charge in [0.2, 0.25) is 10.0 Å². The zero-order valence-electron chi connectivity index (χ0n) is 11.3. The minimum absolute atomic E-state index is 0.0429. The van der Waals surface area contributed by atoms with Crippen LogP contribution in [0.5, 0.6) is 0 Å². The minimum atomic E-state index is -3.33. The molecule has 0 aromatic heterocycles. The van der Waals surface area contributed by atoms with Crippen molar-refractivity contribution in [3.05, 3.63) is 34.9 Å². The number of nitrogens with one attached hydrogen (secondary N) is 1. The molecule has 4 nitrogen and oxygen atoms in total. The van der Waals surface area contributed by atoms with E-state index in [-0.39, 0.29) is 18.2 Å². The molecule has 0 bridgehead atoms. The Balaban J connectivity index is 1.89. The van der Waals surface area contributed by atoms with Gasteiger partial charge in [0.15, 0.2) is 0 Å². The summed E-state index contributed by atoms with van der Waals surface area (Å²) in [4.78, 5) is 0. The summed E-state index contributed by atoms with van der Waals surface area (Å²) < 4.78 is 26.4. The second-order valence-corrected chi connectivity index (χ2v) is 7.58. The van der Waals surface area contributed by atoms with Crippen molar-refractivity contribution in [3.8, 4) is 0 Å². The van der Waals surface area contributed by atoms with E-state index in [4.69, 9.17) is 11.6 Å². The summed E-state index contributed by atoms with van der Waals surface area (Å²) in [6.45, 7) is -0.0429. The number of halogens is 1. The topological polar surface area (TPSA) is 66.4 Å². The smallest absolute Gasteiger partial charge is 0.211 e. The van der Waals surface area contributed by atoms with Crippen molar-refractivity contribution in [1.82, 2.24) is 4.72 Å². The van der Waals surface area contributed by atoms with Crippen LogP contribution in [0, 0.1) is 5.92 Å². The number of aliphatic hydroxyl groups is 1. The van der Waals surface area contributed by atoms with Crippen molar-refractivity contribution in [3.63, 3.8) is 0 Å². The molecule has 1 atom stereocenters. The molecule has 1 aromatic rings. The normalized spacial score (nSPS) is 18.3. The molecule has 1 aliphatic carbocycles. The lowest BCUT2D eigenvalue weighted by atomic mass is 10.1. The van der Waals surface area contributed by atoms with Gasteiger partial charge >= 0.3 is 0 Å². The largest absolute Gasteiger partial charge is 0.387 e. The van der Waals surface area contributed by atoms with Crippen molar-refractivity contribution in [2.75, 3.05) is 12.3 Å². The third-order valence-electron chi connectivity index (χ3n) is 3.69. The van der Waals surface area contributed by atoms with Gasteiger partial charge in [-0.3, -0.25) is 0 Å². The Morgan fingerprint density at radius 3 is 2.60 bits per heavy atom. The molecule has 1 saturated carbocycles. The predicted molar refractivity (Wildman–Crippen MR) is 80.2 cm³/mol. The highest BCUT2D eigenvalue weighted by Crippen LogP contribution is 2.26. The minimum Gasteiger partial charge on any atom is -0.387 e. The van der Waals surface area contributed by atoms with Crippen molar-refractivity contribution >= 4 is 21.6 Å². The lowest BCUT2D eigenvalue weighted by Crippen LogP contribution is -2.32. The van der Waals surface area contributed by atoms with Crippen LogP contribution in [0.25, 0.3) is 0 Å². The first-order valence-corrected chi connectivity index (χ1v) is 8.91. The van der Waals surface area contributed by atoms with Crippen LogP contribution < -0.4 is 4.72 Å². The van der Waals surface area contributed by atoms with Gasteiger partial charge in [-0.1, -0.05) is 42.6 Å². The summed E-state index contributed by atoms with van der Waals surface area (Å²) in [5.74, 6) is 0.410. The number of hydrogen-bond acceptors (Lipinski definition) is 3. The molecule has 1 aliphatic rings. The highest BCUT2D eigenvalue weighted by molar-refractivity contribution is 7.89. The van der Waals surface area contributed by atoms with E-state index in [1.165, 1.54) is 0 Å². The Kier molecular flexibility index (Phi) is 5.43. The maximum Gasteiger partial charge on any atom is 0.211 e. The highest BCUT2D eigenvalue weighted by Gasteiger charge is 2.23. The standard InChI is InChI=1S/C14H20ClNO3S/c15-13-8-4-3-7-12(13)14(17)9-16-20(18,19)10-11-5-1-2-6-11/h3-4,7-8,11,14,16-17H,1-2,5-6,9-10H2. The van der Waals surface area contributed by atoms with E-state index >= 15 is 0 Å². The Morgan fingerprint density at radius 2 is 1.95 bits per heavy atom. The molecule has 0 spiro atoms. The monoisotopic (exact) mass is 317 g/mol. The van der Waals surface area contributed by atoms with Gasteiger partial charge < -0.3 is 5.11 Å². The Hall–Kier alpha value is -0.620. The van der Waals surface area contributed by atoms with Crippen LogP contribution in [0.1, 0.15) is 37.4 Å². The molecule has 1 aromatic carbocycles. The van der Waals surface area contributed by atoms with Crippen molar-refractivity contribution in [1.29, 1.82) is 0 Å². The van der Waals surface area contributed by atoms with Crippen LogP contribution >= 0.6 is 11.6 Å². The van der Waals surface area contributed by atoms with E-state index in [2.05, 4.69) is 4.72 Å². The lowest BCUT2D eigenvalue weighted by Gasteiger charge is -2.15. The van der Waals surface area contributed by atoms with Crippen LogP contribution in [0.2, 0.25) is 5.02 Å². The Bertz CT molecular complexity index is 541. The molecule has 20 heavy (non-hydrogen) atoms.